The summed E-state index contributed by atoms with van der Waals surface area (Å²) < 4.78 is 18.2. The minimum Gasteiger partial charge on any atom is -0.339 e. The fourth-order valence-electron chi connectivity index (χ4n) is 4.91. The molecule has 0 aliphatic carbocycles. The van der Waals surface area contributed by atoms with Gasteiger partial charge in [0.2, 0.25) is 0 Å². The molecule has 0 radical (unpaired) electrons. The van der Waals surface area contributed by atoms with Crippen molar-refractivity contribution in [3.05, 3.63) is 59.7 Å². The van der Waals surface area contributed by atoms with Gasteiger partial charge in [0.15, 0.2) is 0 Å². The Labute approximate surface area is 192 Å². The Morgan fingerprint density at radius 1 is 1.24 bits per heavy atom. The minimum absolute atomic E-state index is 0.000695. The van der Waals surface area contributed by atoms with Crippen LogP contribution in [0.25, 0.3) is 27.9 Å². The fraction of sp³-hybridized carbons (Fsp3) is 0.385. The van der Waals surface area contributed by atoms with Crippen LogP contribution in [0.1, 0.15) is 42.7 Å². The zero-order valence-electron chi connectivity index (χ0n) is 19.4. The van der Waals surface area contributed by atoms with Gasteiger partial charge < -0.3 is 19.6 Å². The SMILES string of the molecule is Cc1c(-c2cc3ccc(F)cc3n2CC(C)C)nc2cc(C(=O)N3CCCC(N)C3)ccn12. The van der Waals surface area contributed by atoms with Crippen molar-refractivity contribution in [1.29, 1.82) is 0 Å². The molecule has 2 N–H and O–H groups in total. The van der Waals surface area contributed by atoms with Crippen LogP contribution in [0.15, 0.2) is 42.6 Å². The number of benzene rings is 1. The molecule has 0 saturated carbocycles. The summed E-state index contributed by atoms with van der Waals surface area (Å²) in [6, 6.07) is 10.7. The van der Waals surface area contributed by atoms with Gasteiger partial charge in [-0.2, -0.15) is 0 Å². The number of amides is 1. The van der Waals surface area contributed by atoms with Crippen molar-refractivity contribution >= 4 is 22.5 Å². The Morgan fingerprint density at radius 2 is 2.06 bits per heavy atom. The van der Waals surface area contributed by atoms with Crippen molar-refractivity contribution in [3.8, 4) is 11.4 Å². The van der Waals surface area contributed by atoms with E-state index in [1.807, 2.05) is 40.6 Å². The van der Waals surface area contributed by atoms with Gasteiger partial charge in [0.05, 0.1) is 11.2 Å². The van der Waals surface area contributed by atoms with Crippen molar-refractivity contribution in [2.45, 2.75) is 46.2 Å². The third-order valence-electron chi connectivity index (χ3n) is 6.51. The standard InChI is InChI=1S/C26H30FN5O/c1-16(2)14-32-22-13-20(27)7-6-18(22)11-23(32)25-17(3)31-10-8-19(12-24(31)29-25)26(33)30-9-4-5-21(28)15-30/h6-8,10-13,16,21H,4-5,9,14-15,28H2,1-3H3. The van der Waals surface area contributed by atoms with Gasteiger partial charge in [-0.05, 0) is 62.1 Å². The lowest BCUT2D eigenvalue weighted by molar-refractivity contribution is 0.0709. The van der Waals surface area contributed by atoms with E-state index < -0.39 is 0 Å². The highest BCUT2D eigenvalue weighted by molar-refractivity contribution is 5.95. The van der Waals surface area contributed by atoms with Crippen LogP contribution < -0.4 is 5.73 Å². The number of fused-ring (bicyclic) bond motifs is 2. The molecule has 0 spiro atoms. The van der Waals surface area contributed by atoms with Crippen molar-refractivity contribution in [2.75, 3.05) is 13.1 Å². The molecule has 1 unspecified atom stereocenters. The van der Waals surface area contributed by atoms with Gasteiger partial charge in [-0.15, -0.1) is 0 Å². The van der Waals surface area contributed by atoms with E-state index in [1.165, 1.54) is 6.07 Å². The number of aromatic nitrogens is 3. The molecule has 5 rings (SSSR count). The molecule has 3 aromatic heterocycles. The van der Waals surface area contributed by atoms with Gasteiger partial charge in [0.25, 0.3) is 5.91 Å². The summed E-state index contributed by atoms with van der Waals surface area (Å²) in [6.07, 6.45) is 3.80. The molecule has 1 aromatic carbocycles. The first-order valence-electron chi connectivity index (χ1n) is 11.6. The monoisotopic (exact) mass is 447 g/mol. The van der Waals surface area contributed by atoms with Crippen LogP contribution in [0.2, 0.25) is 0 Å². The molecule has 1 atom stereocenters. The highest BCUT2D eigenvalue weighted by Gasteiger charge is 2.24. The van der Waals surface area contributed by atoms with Crippen molar-refractivity contribution in [2.24, 2.45) is 11.7 Å². The molecule has 1 fully saturated rings. The molecule has 0 bridgehead atoms. The fourth-order valence-corrected chi connectivity index (χ4v) is 4.91. The van der Waals surface area contributed by atoms with E-state index in [4.69, 9.17) is 10.7 Å². The number of likely N-dealkylation sites (tertiary alicyclic amines) is 1. The minimum atomic E-state index is -0.246. The summed E-state index contributed by atoms with van der Waals surface area (Å²) in [6.45, 7) is 8.41. The topological polar surface area (TPSA) is 68.6 Å². The largest absolute Gasteiger partial charge is 0.339 e. The molecule has 33 heavy (non-hydrogen) atoms. The van der Waals surface area contributed by atoms with Gasteiger partial charge in [0.1, 0.15) is 17.2 Å². The highest BCUT2D eigenvalue weighted by atomic mass is 19.1. The number of halogens is 1. The third kappa shape index (κ3) is 3.91. The highest BCUT2D eigenvalue weighted by Crippen LogP contribution is 2.32. The van der Waals surface area contributed by atoms with Crippen molar-refractivity contribution < 1.29 is 9.18 Å². The summed E-state index contributed by atoms with van der Waals surface area (Å²) in [7, 11) is 0. The number of carbonyl (C=O) groups is 1. The van der Waals surface area contributed by atoms with E-state index in [1.54, 1.807) is 6.07 Å². The van der Waals surface area contributed by atoms with Crippen LogP contribution in [0.5, 0.6) is 0 Å². The molecular formula is C26H30FN5O. The Balaban J connectivity index is 1.59. The van der Waals surface area contributed by atoms with Crippen LogP contribution in [0.3, 0.4) is 0 Å². The van der Waals surface area contributed by atoms with Crippen LogP contribution in [-0.2, 0) is 6.54 Å². The lowest BCUT2D eigenvalue weighted by Gasteiger charge is -2.30. The van der Waals surface area contributed by atoms with E-state index in [2.05, 4.69) is 24.5 Å². The predicted octanol–water partition coefficient (Wildman–Crippen LogP) is 4.62. The van der Waals surface area contributed by atoms with Crippen molar-refractivity contribution in [1.82, 2.24) is 18.9 Å². The molecule has 1 saturated heterocycles. The molecule has 172 valence electrons. The molecule has 7 heteroatoms. The number of hydrogen-bond donors (Lipinski definition) is 1. The van der Waals surface area contributed by atoms with Crippen LogP contribution in [-0.4, -0.2) is 43.9 Å². The summed E-state index contributed by atoms with van der Waals surface area (Å²) in [5, 5.41) is 0.987. The zero-order valence-corrected chi connectivity index (χ0v) is 19.4. The Bertz CT molecular complexity index is 1350. The van der Waals surface area contributed by atoms with Gasteiger partial charge in [-0.1, -0.05) is 13.8 Å². The first kappa shape index (κ1) is 21.6. The summed E-state index contributed by atoms with van der Waals surface area (Å²) >= 11 is 0. The van der Waals surface area contributed by atoms with Gasteiger partial charge >= 0.3 is 0 Å². The first-order chi connectivity index (χ1) is 15.8. The predicted molar refractivity (Wildman–Crippen MR) is 129 cm³/mol. The molecule has 1 aliphatic heterocycles. The number of pyridine rings is 1. The summed E-state index contributed by atoms with van der Waals surface area (Å²) in [4.78, 5) is 19.8. The summed E-state index contributed by atoms with van der Waals surface area (Å²) in [5.41, 5.74) is 11.1. The van der Waals surface area contributed by atoms with Crippen LogP contribution in [0, 0.1) is 18.7 Å². The van der Waals surface area contributed by atoms with Gasteiger partial charge in [-0.3, -0.25) is 4.79 Å². The smallest absolute Gasteiger partial charge is 0.254 e. The Morgan fingerprint density at radius 3 is 2.82 bits per heavy atom. The molecule has 4 heterocycles. The quantitative estimate of drug-likeness (QED) is 0.496. The molecule has 6 nitrogen and oxygen atoms in total. The Hall–Kier alpha value is -3.19. The first-order valence-corrected chi connectivity index (χ1v) is 11.6. The molecule has 4 aromatic rings. The summed E-state index contributed by atoms with van der Waals surface area (Å²) in [5.74, 6) is 0.142. The zero-order chi connectivity index (χ0) is 23.3. The second-order valence-corrected chi connectivity index (χ2v) is 9.58. The number of nitrogens with two attached hydrogens (primary N) is 1. The maximum atomic E-state index is 14.0. The second-order valence-electron chi connectivity index (χ2n) is 9.58. The van der Waals surface area contributed by atoms with E-state index in [0.717, 1.165) is 59.6 Å². The van der Waals surface area contributed by atoms with Gasteiger partial charge in [-0.25, -0.2) is 9.37 Å². The van der Waals surface area contributed by atoms with Crippen LogP contribution in [0.4, 0.5) is 4.39 Å². The van der Waals surface area contributed by atoms with Gasteiger partial charge in [0, 0.05) is 48.5 Å². The number of piperidine rings is 1. The number of rotatable bonds is 4. The van der Waals surface area contributed by atoms with Crippen molar-refractivity contribution in [3.63, 3.8) is 0 Å². The number of hydrogen-bond acceptors (Lipinski definition) is 3. The number of nitrogens with zero attached hydrogens (tertiary/aromatic N) is 4. The lowest BCUT2D eigenvalue weighted by Crippen LogP contribution is -2.45. The number of aryl methyl sites for hydroxylation is 1. The maximum Gasteiger partial charge on any atom is 0.254 e. The molecule has 1 aliphatic rings. The van der Waals surface area contributed by atoms with Crippen LogP contribution >= 0.6 is 0 Å². The average molecular weight is 448 g/mol. The average Bonchev–Trinajstić information content (AvgIpc) is 3.29. The van der Waals surface area contributed by atoms with E-state index in [-0.39, 0.29) is 17.8 Å². The Kier molecular flexibility index (Phi) is 5.44. The lowest BCUT2D eigenvalue weighted by atomic mass is 10.1. The van der Waals surface area contributed by atoms with E-state index >= 15 is 0 Å². The molecule has 1 amide bonds. The van der Waals surface area contributed by atoms with E-state index in [9.17, 15) is 9.18 Å². The maximum absolute atomic E-state index is 14.0. The number of imidazole rings is 1. The third-order valence-corrected chi connectivity index (χ3v) is 6.51. The second kappa shape index (κ2) is 8.30. The van der Waals surface area contributed by atoms with E-state index in [0.29, 0.717) is 18.0 Å². The molecular weight excluding hydrogens is 417 g/mol. The number of carbonyl (C=O) groups excluding carboxylic acids is 1. The normalized spacial score (nSPS) is 16.9.